The second-order valence-corrected chi connectivity index (χ2v) is 10.4. The Hall–Kier alpha value is 0. The second-order valence-electron chi connectivity index (χ2n) is 10.4. The summed E-state index contributed by atoms with van der Waals surface area (Å²) < 4.78 is 0. The summed E-state index contributed by atoms with van der Waals surface area (Å²) in [5, 5.41) is 0. The molecule has 0 aromatic carbocycles. The minimum Gasteiger partial charge on any atom is -0.0616 e. The van der Waals surface area contributed by atoms with E-state index in [2.05, 4.69) is 20.8 Å². The maximum Gasteiger partial charge on any atom is -0.0137 e. The monoisotopic (exact) mass is 240 g/mol. The molecule has 0 amide bonds. The van der Waals surface area contributed by atoms with Gasteiger partial charge in [0.05, 0.1) is 0 Å². The van der Waals surface area contributed by atoms with Gasteiger partial charge in [-0.2, -0.15) is 0 Å². The molecule has 96 valence electrons. The van der Waals surface area contributed by atoms with Crippen molar-refractivity contribution in [1.29, 1.82) is 0 Å². The zero-order valence-corrected chi connectivity index (χ0v) is 12.0. The normalized spacial score (nSPS) is 90.5. The molecular formula is C18H24. The van der Waals surface area contributed by atoms with Gasteiger partial charge in [-0.1, -0.05) is 20.8 Å². The molecule has 0 aromatic heterocycles. The number of hydrogen-bond acceptors (Lipinski definition) is 0. The third-order valence-electron chi connectivity index (χ3n) is 11.4. The van der Waals surface area contributed by atoms with E-state index >= 15 is 0 Å². The predicted molar refractivity (Wildman–Crippen MR) is 69.8 cm³/mol. The lowest BCUT2D eigenvalue weighted by Crippen LogP contribution is -2.69. The van der Waals surface area contributed by atoms with Crippen molar-refractivity contribution in [2.24, 2.45) is 50.2 Å². The van der Waals surface area contributed by atoms with Crippen LogP contribution in [0.2, 0.25) is 0 Å². The number of rotatable bonds is 0. The Labute approximate surface area is 110 Å². The SMILES string of the molecule is CC1C2C34CC5CC6(CC7(C)CC53CC26C17C)C4. The molecule has 18 heavy (non-hydrogen) atoms. The van der Waals surface area contributed by atoms with Crippen molar-refractivity contribution in [1.82, 2.24) is 0 Å². The molecule has 0 saturated heterocycles. The Morgan fingerprint density at radius 1 is 0.889 bits per heavy atom. The van der Waals surface area contributed by atoms with Crippen molar-refractivity contribution < 1.29 is 0 Å². The fourth-order valence-electron chi connectivity index (χ4n) is 11.8. The fraction of sp³-hybridized carbons (Fsp3) is 1.00. The Balaban J connectivity index is 1.74. The summed E-state index contributed by atoms with van der Waals surface area (Å²) in [6.07, 6.45) is 10.0. The second kappa shape index (κ2) is 1.67. The molecule has 4 spiro atoms. The molecule has 0 aromatic rings. The van der Waals surface area contributed by atoms with E-state index in [1.807, 2.05) is 0 Å². The van der Waals surface area contributed by atoms with Crippen LogP contribution in [0.1, 0.15) is 59.3 Å². The average Bonchev–Trinajstić information content (AvgIpc) is 2.46. The largest absolute Gasteiger partial charge is 0.0616 e. The molecule has 0 radical (unpaired) electrons. The van der Waals surface area contributed by atoms with Gasteiger partial charge in [-0.3, -0.25) is 0 Å². The van der Waals surface area contributed by atoms with Crippen LogP contribution in [-0.4, -0.2) is 0 Å². The highest BCUT2D eigenvalue weighted by atomic mass is 15.1. The topological polar surface area (TPSA) is 0 Å². The molecule has 9 unspecified atom stereocenters. The van der Waals surface area contributed by atoms with Gasteiger partial charge in [0, 0.05) is 0 Å². The van der Waals surface area contributed by atoms with Crippen LogP contribution in [0.15, 0.2) is 0 Å². The zero-order valence-electron chi connectivity index (χ0n) is 12.0. The Morgan fingerprint density at radius 3 is 2.56 bits per heavy atom. The molecule has 0 aliphatic heterocycles. The minimum atomic E-state index is 0.731. The summed E-state index contributed by atoms with van der Waals surface area (Å²) in [6, 6.07) is 0. The molecule has 0 N–H and O–H groups in total. The molecular weight excluding hydrogens is 216 g/mol. The fourth-order valence-corrected chi connectivity index (χ4v) is 11.8. The van der Waals surface area contributed by atoms with Gasteiger partial charge >= 0.3 is 0 Å². The lowest BCUT2D eigenvalue weighted by atomic mass is 9.29. The Bertz CT molecular complexity index is 579. The summed E-state index contributed by atoms with van der Waals surface area (Å²) in [5.41, 5.74) is 4.96. The summed E-state index contributed by atoms with van der Waals surface area (Å²) in [6.45, 7) is 8.12. The van der Waals surface area contributed by atoms with Gasteiger partial charge in [-0.05, 0) is 88.8 Å². The minimum absolute atomic E-state index is 0.731. The molecule has 8 fully saturated rings. The molecule has 8 saturated carbocycles. The zero-order chi connectivity index (χ0) is 12.0. The van der Waals surface area contributed by atoms with Gasteiger partial charge in [0.2, 0.25) is 0 Å². The van der Waals surface area contributed by atoms with Crippen LogP contribution >= 0.6 is 0 Å². The van der Waals surface area contributed by atoms with E-state index in [4.69, 9.17) is 0 Å². The van der Waals surface area contributed by atoms with E-state index < -0.39 is 0 Å². The molecule has 0 heteroatoms. The van der Waals surface area contributed by atoms with Crippen LogP contribution < -0.4 is 0 Å². The maximum absolute atomic E-state index is 2.74. The molecule has 6 bridgehead atoms. The Kier molecular flexibility index (Phi) is 0.840. The van der Waals surface area contributed by atoms with Gasteiger partial charge < -0.3 is 0 Å². The summed E-state index contributed by atoms with van der Waals surface area (Å²) >= 11 is 0. The molecule has 0 nitrogen and oxygen atoms in total. The van der Waals surface area contributed by atoms with E-state index in [1.165, 1.54) is 11.8 Å². The van der Waals surface area contributed by atoms with Gasteiger partial charge in [0.25, 0.3) is 0 Å². The van der Waals surface area contributed by atoms with E-state index in [0.717, 1.165) is 38.4 Å². The third-order valence-corrected chi connectivity index (χ3v) is 11.4. The summed E-state index contributed by atoms with van der Waals surface area (Å²) in [7, 11) is 0. The Morgan fingerprint density at radius 2 is 1.72 bits per heavy atom. The van der Waals surface area contributed by atoms with E-state index in [9.17, 15) is 0 Å². The lowest BCUT2D eigenvalue weighted by molar-refractivity contribution is -0.275. The van der Waals surface area contributed by atoms with Crippen molar-refractivity contribution in [3.63, 3.8) is 0 Å². The quantitative estimate of drug-likeness (QED) is 0.594. The number of hydrogen-bond donors (Lipinski definition) is 0. The molecule has 8 rings (SSSR count). The molecule has 8 aliphatic rings. The van der Waals surface area contributed by atoms with Crippen molar-refractivity contribution in [2.75, 3.05) is 0 Å². The van der Waals surface area contributed by atoms with Crippen LogP contribution in [0.3, 0.4) is 0 Å². The first-order valence-corrected chi connectivity index (χ1v) is 8.42. The highest BCUT2D eigenvalue weighted by Crippen LogP contribution is 3.10. The first kappa shape index (κ1) is 9.03. The van der Waals surface area contributed by atoms with Crippen molar-refractivity contribution in [3.8, 4) is 0 Å². The van der Waals surface area contributed by atoms with Crippen molar-refractivity contribution >= 4 is 0 Å². The van der Waals surface area contributed by atoms with Gasteiger partial charge in [-0.25, -0.2) is 0 Å². The maximum atomic E-state index is 2.74. The average molecular weight is 240 g/mol. The highest BCUT2D eigenvalue weighted by Gasteiger charge is 3.04. The van der Waals surface area contributed by atoms with Crippen molar-refractivity contribution in [2.45, 2.75) is 59.3 Å². The smallest absolute Gasteiger partial charge is 0.0137 e. The van der Waals surface area contributed by atoms with Gasteiger partial charge in [-0.15, -0.1) is 0 Å². The summed E-state index contributed by atoms with van der Waals surface area (Å²) in [5.74, 6) is 3.41. The predicted octanol–water partition coefficient (Wildman–Crippen LogP) is 4.25. The van der Waals surface area contributed by atoms with E-state index in [1.54, 1.807) is 38.5 Å². The van der Waals surface area contributed by atoms with E-state index in [-0.39, 0.29) is 0 Å². The third kappa shape index (κ3) is 0.375. The standard InChI is InChI=1S/C18H24/c1-10-12-16-5-11-4-15(8-16)6-13(2)7-17(11,16)9-18(12,15)14(10,13)3/h10-12H,4-9H2,1-3H3. The van der Waals surface area contributed by atoms with Crippen LogP contribution in [0, 0.1) is 50.2 Å². The van der Waals surface area contributed by atoms with Crippen LogP contribution in [0.25, 0.3) is 0 Å². The van der Waals surface area contributed by atoms with E-state index in [0.29, 0.717) is 0 Å². The van der Waals surface area contributed by atoms with Crippen molar-refractivity contribution in [3.05, 3.63) is 0 Å². The lowest BCUT2D eigenvalue weighted by Gasteiger charge is -2.75. The van der Waals surface area contributed by atoms with Gasteiger partial charge in [0.15, 0.2) is 0 Å². The molecule has 0 heterocycles. The van der Waals surface area contributed by atoms with Crippen LogP contribution in [0.4, 0.5) is 0 Å². The molecule has 9 atom stereocenters. The summed E-state index contributed by atoms with van der Waals surface area (Å²) in [4.78, 5) is 0. The van der Waals surface area contributed by atoms with Gasteiger partial charge in [0.1, 0.15) is 0 Å². The van der Waals surface area contributed by atoms with Crippen LogP contribution in [-0.2, 0) is 0 Å². The molecule has 8 aliphatic carbocycles. The first-order chi connectivity index (χ1) is 8.42. The first-order valence-electron chi connectivity index (χ1n) is 8.42. The highest BCUT2D eigenvalue weighted by molar-refractivity contribution is 5.52. The van der Waals surface area contributed by atoms with Crippen LogP contribution in [0.5, 0.6) is 0 Å².